The summed E-state index contributed by atoms with van der Waals surface area (Å²) < 4.78 is 1.85. The number of carbonyl (C=O) groups excluding carboxylic acids is 2. The number of hydrogen-bond acceptors (Lipinski definition) is 7. The van der Waals surface area contributed by atoms with Crippen LogP contribution in [0.1, 0.15) is 52.7 Å². The summed E-state index contributed by atoms with van der Waals surface area (Å²) in [5, 5.41) is 25.0. The molecular weight excluding hydrogens is 480 g/mol. The summed E-state index contributed by atoms with van der Waals surface area (Å²) >= 11 is 2.79. The third-order valence-corrected chi connectivity index (χ3v) is 8.26. The fourth-order valence-corrected chi connectivity index (χ4v) is 6.18. The number of nitriles is 1. The Kier molecular flexibility index (Phi) is 7.88. The van der Waals surface area contributed by atoms with Crippen LogP contribution in [0.4, 0.5) is 10.7 Å². The third-order valence-electron chi connectivity index (χ3n) is 6.09. The number of nitrogens with one attached hydrogen (secondary N) is 2. The molecule has 3 aromatic rings. The molecule has 0 radical (unpaired) electrons. The van der Waals surface area contributed by atoms with Crippen molar-refractivity contribution in [3.05, 3.63) is 51.2 Å². The number of thiophene rings is 1. The van der Waals surface area contributed by atoms with Crippen molar-refractivity contribution < 1.29 is 9.59 Å². The van der Waals surface area contributed by atoms with Crippen LogP contribution in [0, 0.1) is 25.2 Å². The number of benzene rings is 1. The van der Waals surface area contributed by atoms with Crippen molar-refractivity contribution in [3.8, 4) is 6.07 Å². The number of anilines is 2. The molecule has 0 aliphatic heterocycles. The Morgan fingerprint density at radius 3 is 2.69 bits per heavy atom. The van der Waals surface area contributed by atoms with E-state index in [0.29, 0.717) is 28.1 Å². The van der Waals surface area contributed by atoms with Crippen LogP contribution in [0.15, 0.2) is 23.4 Å². The Balaban J connectivity index is 1.36. The number of carbonyl (C=O) groups is 2. The van der Waals surface area contributed by atoms with Crippen molar-refractivity contribution in [2.75, 3.05) is 16.4 Å². The van der Waals surface area contributed by atoms with E-state index >= 15 is 0 Å². The van der Waals surface area contributed by atoms with Crippen LogP contribution in [-0.4, -0.2) is 32.3 Å². The summed E-state index contributed by atoms with van der Waals surface area (Å²) in [5.74, 6) is 0.329. The van der Waals surface area contributed by atoms with E-state index in [2.05, 4.69) is 26.9 Å². The van der Waals surface area contributed by atoms with Gasteiger partial charge in [-0.05, 0) is 75.3 Å². The van der Waals surface area contributed by atoms with Gasteiger partial charge in [0.05, 0.1) is 17.7 Å². The number of rotatable bonds is 8. The van der Waals surface area contributed by atoms with Crippen LogP contribution >= 0.6 is 23.1 Å². The SMILES string of the molecule is CCn1c(CC(=O)Nc2ccc(C)c(C)c2)nnc1SCC(=O)Nc1sc2c(c1C#N)CCCC2. The summed E-state index contributed by atoms with van der Waals surface area (Å²) in [6.07, 6.45) is 4.17. The zero-order valence-corrected chi connectivity index (χ0v) is 21.7. The lowest BCUT2D eigenvalue weighted by molar-refractivity contribution is -0.116. The van der Waals surface area contributed by atoms with E-state index in [0.717, 1.165) is 42.5 Å². The maximum atomic E-state index is 12.6. The first-order valence-corrected chi connectivity index (χ1v) is 13.5. The number of thioether (sulfide) groups is 1. The largest absolute Gasteiger partial charge is 0.326 e. The van der Waals surface area contributed by atoms with Crippen molar-refractivity contribution in [1.29, 1.82) is 5.26 Å². The minimum Gasteiger partial charge on any atom is -0.326 e. The summed E-state index contributed by atoms with van der Waals surface area (Å²) in [6.45, 7) is 6.57. The van der Waals surface area contributed by atoms with E-state index in [-0.39, 0.29) is 24.0 Å². The molecule has 0 saturated carbocycles. The number of nitrogens with zero attached hydrogens (tertiary/aromatic N) is 4. The molecule has 182 valence electrons. The molecule has 2 heterocycles. The molecule has 0 bridgehead atoms. The Hall–Kier alpha value is -3.16. The molecule has 1 aliphatic rings. The van der Waals surface area contributed by atoms with Gasteiger partial charge in [-0.25, -0.2) is 0 Å². The second-order valence-electron chi connectivity index (χ2n) is 8.53. The molecule has 0 fully saturated rings. The minimum absolute atomic E-state index is 0.0901. The maximum absolute atomic E-state index is 12.6. The van der Waals surface area contributed by atoms with E-state index in [4.69, 9.17) is 0 Å². The molecule has 2 N–H and O–H groups in total. The molecule has 1 aliphatic carbocycles. The molecule has 8 nitrogen and oxygen atoms in total. The average molecular weight is 509 g/mol. The van der Waals surface area contributed by atoms with Crippen LogP contribution in [0.3, 0.4) is 0 Å². The number of hydrogen-bond donors (Lipinski definition) is 2. The third kappa shape index (κ3) is 5.74. The molecular formula is C25H28N6O2S2. The molecule has 0 saturated heterocycles. The predicted molar refractivity (Wildman–Crippen MR) is 139 cm³/mol. The Morgan fingerprint density at radius 2 is 1.94 bits per heavy atom. The van der Waals surface area contributed by atoms with Crippen molar-refractivity contribution in [3.63, 3.8) is 0 Å². The molecule has 1 aromatic carbocycles. The van der Waals surface area contributed by atoms with Crippen LogP contribution in [0.25, 0.3) is 0 Å². The highest BCUT2D eigenvalue weighted by atomic mass is 32.2. The van der Waals surface area contributed by atoms with Gasteiger partial charge >= 0.3 is 0 Å². The molecule has 0 atom stereocenters. The lowest BCUT2D eigenvalue weighted by atomic mass is 9.96. The van der Waals surface area contributed by atoms with Crippen molar-refractivity contribution in [2.45, 2.75) is 64.6 Å². The van der Waals surface area contributed by atoms with E-state index < -0.39 is 0 Å². The number of aromatic nitrogens is 3. The van der Waals surface area contributed by atoms with Gasteiger partial charge in [0.2, 0.25) is 11.8 Å². The zero-order valence-electron chi connectivity index (χ0n) is 20.1. The minimum atomic E-state index is -0.190. The van der Waals surface area contributed by atoms with Crippen LogP contribution < -0.4 is 10.6 Å². The Morgan fingerprint density at radius 1 is 1.14 bits per heavy atom. The van der Waals surface area contributed by atoms with E-state index in [1.54, 1.807) is 0 Å². The number of fused-ring (bicyclic) bond motifs is 1. The monoisotopic (exact) mass is 508 g/mol. The first-order chi connectivity index (χ1) is 16.9. The molecule has 2 amide bonds. The van der Waals surface area contributed by atoms with Crippen LogP contribution in [0.5, 0.6) is 0 Å². The van der Waals surface area contributed by atoms with Gasteiger partial charge in [-0.3, -0.25) is 9.59 Å². The fraction of sp³-hybridized carbons (Fsp3) is 0.400. The summed E-state index contributed by atoms with van der Waals surface area (Å²) in [7, 11) is 0. The number of amides is 2. The van der Waals surface area contributed by atoms with Gasteiger partial charge in [0.25, 0.3) is 0 Å². The first-order valence-electron chi connectivity index (χ1n) is 11.7. The quantitative estimate of drug-likeness (QED) is 0.429. The molecule has 2 aromatic heterocycles. The highest BCUT2D eigenvalue weighted by Gasteiger charge is 2.22. The van der Waals surface area contributed by atoms with Crippen LogP contribution in [-0.2, 0) is 35.4 Å². The van der Waals surface area contributed by atoms with Gasteiger partial charge in [0, 0.05) is 17.1 Å². The van der Waals surface area contributed by atoms with Crippen molar-refractivity contribution >= 4 is 45.6 Å². The first kappa shape index (κ1) is 24.9. The normalized spacial score (nSPS) is 12.6. The summed E-state index contributed by atoms with van der Waals surface area (Å²) in [5.41, 5.74) is 4.74. The predicted octanol–water partition coefficient (Wildman–Crippen LogP) is 4.64. The highest BCUT2D eigenvalue weighted by Crippen LogP contribution is 2.37. The second kappa shape index (κ2) is 11.1. The summed E-state index contributed by atoms with van der Waals surface area (Å²) in [4.78, 5) is 26.4. The lowest BCUT2D eigenvalue weighted by Crippen LogP contribution is -2.18. The van der Waals surface area contributed by atoms with Gasteiger partial charge in [-0.15, -0.1) is 21.5 Å². The molecule has 4 rings (SSSR count). The zero-order chi connectivity index (χ0) is 24.9. The van der Waals surface area contributed by atoms with Crippen molar-refractivity contribution in [1.82, 2.24) is 14.8 Å². The molecule has 10 heteroatoms. The maximum Gasteiger partial charge on any atom is 0.235 e. The van der Waals surface area contributed by atoms with Gasteiger partial charge in [-0.1, -0.05) is 17.8 Å². The smallest absolute Gasteiger partial charge is 0.235 e. The topological polar surface area (TPSA) is 113 Å². The van der Waals surface area contributed by atoms with E-state index in [1.807, 2.05) is 43.5 Å². The Labute approximate surface area is 213 Å². The Bertz CT molecular complexity index is 1300. The highest BCUT2D eigenvalue weighted by molar-refractivity contribution is 7.99. The second-order valence-corrected chi connectivity index (χ2v) is 10.6. The molecule has 0 unspecified atom stereocenters. The van der Waals surface area contributed by atoms with Gasteiger partial charge in [0.1, 0.15) is 16.9 Å². The van der Waals surface area contributed by atoms with Crippen molar-refractivity contribution in [2.24, 2.45) is 0 Å². The summed E-state index contributed by atoms with van der Waals surface area (Å²) in [6, 6.07) is 8.07. The van der Waals surface area contributed by atoms with Gasteiger partial charge in [-0.2, -0.15) is 5.26 Å². The lowest BCUT2D eigenvalue weighted by Gasteiger charge is -2.09. The van der Waals surface area contributed by atoms with E-state index in [9.17, 15) is 14.9 Å². The van der Waals surface area contributed by atoms with Gasteiger partial charge < -0.3 is 15.2 Å². The molecule has 0 spiro atoms. The molecule has 35 heavy (non-hydrogen) atoms. The van der Waals surface area contributed by atoms with Gasteiger partial charge in [0.15, 0.2) is 5.16 Å². The standard InChI is InChI=1S/C25H28N6O2S2/c1-4-31-21(12-22(32)27-17-10-9-15(2)16(3)11-17)29-30-25(31)34-14-23(33)28-24-19(13-26)18-7-5-6-8-20(18)35-24/h9-11H,4-8,12,14H2,1-3H3,(H,27,32)(H,28,33). The van der Waals surface area contributed by atoms with E-state index in [1.165, 1.54) is 33.5 Å². The van der Waals surface area contributed by atoms with Crippen LogP contribution in [0.2, 0.25) is 0 Å². The number of aryl methyl sites for hydroxylation is 3. The fourth-order valence-electron chi connectivity index (χ4n) is 4.11. The average Bonchev–Trinajstić information content (AvgIpc) is 3.39.